The second-order valence-corrected chi connectivity index (χ2v) is 8.08. The van der Waals surface area contributed by atoms with E-state index in [4.69, 9.17) is 26.0 Å². The normalized spacial score (nSPS) is 28.9. The summed E-state index contributed by atoms with van der Waals surface area (Å²) in [5.74, 6) is -5.05. The van der Waals surface area contributed by atoms with E-state index in [1.807, 2.05) is 0 Å². The lowest BCUT2D eigenvalue weighted by Crippen LogP contribution is -2.66. The molecule has 1 amide bonds. The number of hydrogen-bond donors (Lipinski definition) is 7. The first-order valence-electron chi connectivity index (χ1n) is 10.3. The Morgan fingerprint density at radius 2 is 1.76 bits per heavy atom. The number of ether oxygens (including phenoxy) is 2. The molecule has 1 aliphatic heterocycles. The predicted molar refractivity (Wildman–Crippen MR) is 110 cm³/mol. The average molecular weight is 479 g/mol. The number of carbonyl (C=O) groups excluding carboxylic acids is 2. The van der Waals surface area contributed by atoms with Crippen molar-refractivity contribution in [1.29, 1.82) is 0 Å². The Morgan fingerprint density at radius 1 is 1.18 bits per heavy atom. The molecule has 1 heterocycles. The van der Waals surface area contributed by atoms with Gasteiger partial charge in [0.05, 0.1) is 24.8 Å². The molecule has 1 unspecified atom stereocenters. The molecule has 14 heteroatoms. The standard InChI is InChI=1S/C19H33N3O11/c1-8(32-15-13(21)17(29)33-11(7-23)14(15)27)6-22(16(28)9(2)20)19(10(3)24,18(30)31)5-4-12(25)26/h8-9,11,13-15,17,23,27,29H,4-7,20-21H2,1-3H3,(H,25,26)(H,30,31)/t8?,9-,11+,13+,14+,15+,17-,19-/m0/s1. The van der Waals surface area contributed by atoms with E-state index in [1.54, 1.807) is 0 Å². The summed E-state index contributed by atoms with van der Waals surface area (Å²) in [6.07, 6.45) is -8.09. The summed E-state index contributed by atoms with van der Waals surface area (Å²) in [5.41, 5.74) is 8.95. The predicted octanol–water partition coefficient (Wildman–Crippen LogP) is -3.39. The Bertz CT molecular complexity index is 718. The number of amides is 1. The number of nitrogens with zero attached hydrogens (tertiary/aromatic N) is 1. The highest BCUT2D eigenvalue weighted by Crippen LogP contribution is 2.28. The van der Waals surface area contributed by atoms with Crippen molar-refractivity contribution in [2.45, 2.75) is 81.9 Å². The van der Waals surface area contributed by atoms with Crippen LogP contribution in [0.2, 0.25) is 0 Å². The van der Waals surface area contributed by atoms with Gasteiger partial charge in [-0.1, -0.05) is 0 Å². The van der Waals surface area contributed by atoms with Gasteiger partial charge < -0.3 is 51.4 Å². The molecule has 0 saturated carbocycles. The first-order chi connectivity index (χ1) is 15.2. The van der Waals surface area contributed by atoms with Crippen molar-refractivity contribution in [2.75, 3.05) is 13.2 Å². The average Bonchev–Trinajstić information content (AvgIpc) is 2.71. The monoisotopic (exact) mass is 479 g/mol. The van der Waals surface area contributed by atoms with Crippen LogP contribution in [0.4, 0.5) is 0 Å². The Balaban J connectivity index is 3.31. The maximum absolute atomic E-state index is 12.9. The van der Waals surface area contributed by atoms with Crippen molar-refractivity contribution < 1.29 is 54.2 Å². The number of ketones is 1. The van der Waals surface area contributed by atoms with Crippen LogP contribution < -0.4 is 11.5 Å². The van der Waals surface area contributed by atoms with E-state index in [0.29, 0.717) is 4.90 Å². The highest BCUT2D eigenvalue weighted by atomic mass is 16.6. The first kappa shape index (κ1) is 28.8. The SMILES string of the molecule is CC(=O)[C@@](CCC(=O)O)(C(=O)O)N(CC(C)O[C@@H]1[C@@H](N)[C@@H](O)O[C@H](CO)[C@H]1O)C(=O)[C@H](C)N. The molecule has 0 aliphatic carbocycles. The zero-order valence-corrected chi connectivity index (χ0v) is 18.7. The highest BCUT2D eigenvalue weighted by molar-refractivity contribution is 6.10. The van der Waals surface area contributed by atoms with Gasteiger partial charge in [0.1, 0.15) is 18.3 Å². The Labute approximate surface area is 190 Å². The Morgan fingerprint density at radius 3 is 2.18 bits per heavy atom. The van der Waals surface area contributed by atoms with Gasteiger partial charge >= 0.3 is 11.9 Å². The quantitative estimate of drug-likeness (QED) is 0.135. The van der Waals surface area contributed by atoms with Gasteiger partial charge in [0.25, 0.3) is 0 Å². The van der Waals surface area contributed by atoms with Gasteiger partial charge in [-0.2, -0.15) is 0 Å². The lowest BCUT2D eigenvalue weighted by molar-refractivity contribution is -0.263. The molecule has 0 aromatic heterocycles. The summed E-state index contributed by atoms with van der Waals surface area (Å²) < 4.78 is 10.7. The largest absolute Gasteiger partial charge is 0.481 e. The molecule has 8 atom stereocenters. The van der Waals surface area contributed by atoms with E-state index < -0.39 is 98.0 Å². The van der Waals surface area contributed by atoms with Gasteiger partial charge in [-0.05, 0) is 27.2 Å². The lowest BCUT2D eigenvalue weighted by Gasteiger charge is -2.44. The number of rotatable bonds is 12. The first-order valence-corrected chi connectivity index (χ1v) is 10.3. The maximum atomic E-state index is 12.9. The molecule has 0 aromatic carbocycles. The summed E-state index contributed by atoms with van der Waals surface area (Å²) in [5, 5.41) is 48.5. The summed E-state index contributed by atoms with van der Waals surface area (Å²) in [6, 6.07) is -2.50. The number of Topliss-reactive ketones (excluding diaryl/α,β-unsaturated/α-hetero) is 1. The van der Waals surface area contributed by atoms with Gasteiger partial charge in [-0.25, -0.2) is 4.79 Å². The van der Waals surface area contributed by atoms with E-state index in [9.17, 15) is 39.6 Å². The summed E-state index contributed by atoms with van der Waals surface area (Å²) in [6.45, 7) is 2.38. The molecule has 1 fully saturated rings. The van der Waals surface area contributed by atoms with Crippen molar-refractivity contribution >= 4 is 23.6 Å². The van der Waals surface area contributed by atoms with Gasteiger partial charge in [0.2, 0.25) is 5.91 Å². The minimum absolute atomic E-state index is 0.539. The van der Waals surface area contributed by atoms with Crippen LogP contribution in [0.5, 0.6) is 0 Å². The zero-order chi connectivity index (χ0) is 25.7. The van der Waals surface area contributed by atoms with Crippen LogP contribution in [0, 0.1) is 0 Å². The molecule has 1 rings (SSSR count). The van der Waals surface area contributed by atoms with E-state index in [-0.39, 0.29) is 0 Å². The molecule has 0 spiro atoms. The third-order valence-electron chi connectivity index (χ3n) is 5.50. The van der Waals surface area contributed by atoms with E-state index in [0.717, 1.165) is 6.92 Å². The van der Waals surface area contributed by atoms with E-state index in [1.165, 1.54) is 13.8 Å². The van der Waals surface area contributed by atoms with E-state index in [2.05, 4.69) is 0 Å². The number of aliphatic carboxylic acids is 2. The van der Waals surface area contributed by atoms with Gasteiger partial charge in [0.15, 0.2) is 17.6 Å². The van der Waals surface area contributed by atoms with Crippen LogP contribution in [0.3, 0.4) is 0 Å². The van der Waals surface area contributed by atoms with Crippen molar-refractivity contribution in [3.05, 3.63) is 0 Å². The fourth-order valence-electron chi connectivity index (χ4n) is 3.68. The molecular weight excluding hydrogens is 446 g/mol. The number of hydrogen-bond acceptors (Lipinski definition) is 11. The molecular formula is C19H33N3O11. The Kier molecular flexibility index (Phi) is 10.3. The summed E-state index contributed by atoms with van der Waals surface area (Å²) >= 11 is 0. The summed E-state index contributed by atoms with van der Waals surface area (Å²) in [7, 11) is 0. The van der Waals surface area contributed by atoms with Crippen LogP contribution in [0.15, 0.2) is 0 Å². The van der Waals surface area contributed by atoms with Crippen LogP contribution in [-0.2, 0) is 28.7 Å². The van der Waals surface area contributed by atoms with Crippen molar-refractivity contribution in [3.8, 4) is 0 Å². The molecule has 14 nitrogen and oxygen atoms in total. The number of carbonyl (C=O) groups is 4. The van der Waals surface area contributed by atoms with Crippen molar-refractivity contribution in [1.82, 2.24) is 4.90 Å². The second-order valence-electron chi connectivity index (χ2n) is 8.08. The third kappa shape index (κ3) is 6.44. The minimum Gasteiger partial charge on any atom is -0.481 e. The van der Waals surface area contributed by atoms with Crippen LogP contribution in [0.25, 0.3) is 0 Å². The number of nitrogens with two attached hydrogens (primary N) is 2. The second kappa shape index (κ2) is 11.8. The maximum Gasteiger partial charge on any atom is 0.337 e. The number of carboxylic acid groups (broad SMARTS) is 2. The van der Waals surface area contributed by atoms with Crippen LogP contribution in [-0.4, -0.2) is 116 Å². The molecule has 0 aromatic rings. The van der Waals surface area contributed by atoms with Crippen molar-refractivity contribution in [2.24, 2.45) is 11.5 Å². The number of aliphatic hydroxyl groups excluding tert-OH is 3. The molecule has 1 saturated heterocycles. The molecule has 9 N–H and O–H groups in total. The van der Waals surface area contributed by atoms with Crippen LogP contribution in [0.1, 0.15) is 33.6 Å². The van der Waals surface area contributed by atoms with Gasteiger partial charge in [-0.3, -0.25) is 14.4 Å². The fourth-order valence-corrected chi connectivity index (χ4v) is 3.68. The number of carboxylic acids is 2. The number of aliphatic hydroxyl groups is 3. The third-order valence-corrected chi connectivity index (χ3v) is 5.50. The molecule has 0 bridgehead atoms. The highest BCUT2D eigenvalue weighted by Gasteiger charge is 2.52. The lowest BCUT2D eigenvalue weighted by atomic mass is 9.86. The van der Waals surface area contributed by atoms with Crippen molar-refractivity contribution in [3.63, 3.8) is 0 Å². The van der Waals surface area contributed by atoms with Gasteiger partial charge in [0, 0.05) is 13.0 Å². The Hall–Kier alpha value is -2.20. The fraction of sp³-hybridized carbons (Fsp3) is 0.789. The summed E-state index contributed by atoms with van der Waals surface area (Å²) in [4.78, 5) is 49.4. The molecule has 0 radical (unpaired) electrons. The molecule has 1 aliphatic rings. The zero-order valence-electron chi connectivity index (χ0n) is 18.7. The molecule has 33 heavy (non-hydrogen) atoms. The van der Waals surface area contributed by atoms with E-state index >= 15 is 0 Å². The smallest absolute Gasteiger partial charge is 0.337 e. The van der Waals surface area contributed by atoms with Crippen LogP contribution >= 0.6 is 0 Å². The topological polar surface area (TPSA) is 243 Å². The minimum atomic E-state index is -2.54. The molecule has 190 valence electrons. The van der Waals surface area contributed by atoms with Gasteiger partial charge in [-0.15, -0.1) is 0 Å².